The van der Waals surface area contributed by atoms with Crippen molar-refractivity contribution in [2.24, 2.45) is 5.92 Å². The van der Waals surface area contributed by atoms with Crippen molar-refractivity contribution < 1.29 is 9.90 Å². The van der Waals surface area contributed by atoms with Gasteiger partial charge < -0.3 is 15.0 Å². The summed E-state index contributed by atoms with van der Waals surface area (Å²) in [6, 6.07) is 4.32. The molecule has 0 saturated heterocycles. The fourth-order valence-corrected chi connectivity index (χ4v) is 2.25. The van der Waals surface area contributed by atoms with Gasteiger partial charge in [0.1, 0.15) is 11.6 Å². The number of carbonyl (C=O) groups is 1. The van der Waals surface area contributed by atoms with Crippen molar-refractivity contribution in [1.82, 2.24) is 14.9 Å². The molecule has 112 valence electrons. The second kappa shape index (κ2) is 6.63. The lowest BCUT2D eigenvalue weighted by Crippen LogP contribution is -2.30. The zero-order chi connectivity index (χ0) is 15.4. The van der Waals surface area contributed by atoms with Crippen LogP contribution in [0.5, 0.6) is 5.75 Å². The molecule has 5 nitrogen and oxygen atoms in total. The topological polar surface area (TPSA) is 67.2 Å². The summed E-state index contributed by atoms with van der Waals surface area (Å²) in [5.41, 5.74) is 0.280. The minimum Gasteiger partial charge on any atom is -0.508 e. The first kappa shape index (κ1) is 15.4. The largest absolute Gasteiger partial charge is 0.508 e. The lowest BCUT2D eigenvalue weighted by atomic mass is 10.1. The quantitative estimate of drug-likeness (QED) is 0.892. The second-order valence-electron chi connectivity index (χ2n) is 5.11. The summed E-state index contributed by atoms with van der Waals surface area (Å²) >= 11 is 5.96. The van der Waals surface area contributed by atoms with Crippen LogP contribution in [0.1, 0.15) is 23.1 Å². The van der Waals surface area contributed by atoms with Gasteiger partial charge in [0.25, 0.3) is 5.91 Å². The Hall–Kier alpha value is -2.01. The molecule has 0 fully saturated rings. The molecule has 1 heterocycles. The number of phenolic OH excluding ortho intramolecular Hbond substituents is 1. The van der Waals surface area contributed by atoms with Crippen LogP contribution in [-0.2, 0) is 6.54 Å². The third-order valence-corrected chi connectivity index (χ3v) is 3.57. The summed E-state index contributed by atoms with van der Waals surface area (Å²) < 4.78 is 2.04. The highest BCUT2D eigenvalue weighted by molar-refractivity contribution is 6.33. The first-order chi connectivity index (χ1) is 9.97. The molecule has 0 bridgehead atoms. The number of hydrogen-bond acceptors (Lipinski definition) is 3. The zero-order valence-electron chi connectivity index (χ0n) is 12.0. The number of aryl methyl sites for hydroxylation is 1. The smallest absolute Gasteiger partial charge is 0.252 e. The predicted octanol–water partition coefficient (Wildman–Crippen LogP) is 2.62. The molecule has 1 unspecified atom stereocenters. The summed E-state index contributed by atoms with van der Waals surface area (Å²) in [5, 5.41) is 12.6. The fourth-order valence-electron chi connectivity index (χ4n) is 2.05. The number of hydrogen-bond donors (Lipinski definition) is 2. The highest BCUT2D eigenvalue weighted by Crippen LogP contribution is 2.21. The average Bonchev–Trinajstić information content (AvgIpc) is 2.84. The molecular weight excluding hydrogens is 290 g/mol. The fraction of sp³-hybridized carbons (Fsp3) is 0.333. The summed E-state index contributed by atoms with van der Waals surface area (Å²) in [5.74, 6) is 0.930. The van der Waals surface area contributed by atoms with Gasteiger partial charge in [0.15, 0.2) is 0 Å². The number of benzene rings is 1. The Morgan fingerprint density at radius 3 is 2.95 bits per heavy atom. The zero-order valence-corrected chi connectivity index (χ0v) is 12.8. The SMILES string of the molecule is Cc1nccn1CC(C)CNC(=O)c1cc(O)ccc1Cl. The Bertz CT molecular complexity index is 640. The number of halogens is 1. The molecule has 1 amide bonds. The molecule has 0 aliphatic rings. The number of carbonyl (C=O) groups excluding carboxylic acids is 1. The summed E-state index contributed by atoms with van der Waals surface area (Å²) in [4.78, 5) is 16.2. The maximum Gasteiger partial charge on any atom is 0.252 e. The number of nitrogens with zero attached hydrogens (tertiary/aromatic N) is 2. The van der Waals surface area contributed by atoms with E-state index in [1.54, 1.807) is 6.20 Å². The number of nitrogens with one attached hydrogen (secondary N) is 1. The maximum atomic E-state index is 12.1. The lowest BCUT2D eigenvalue weighted by Gasteiger charge is -2.15. The third-order valence-electron chi connectivity index (χ3n) is 3.24. The van der Waals surface area contributed by atoms with Gasteiger partial charge in [-0.15, -0.1) is 0 Å². The number of aromatic nitrogens is 2. The highest BCUT2D eigenvalue weighted by atomic mass is 35.5. The van der Waals surface area contributed by atoms with Gasteiger partial charge in [0.2, 0.25) is 0 Å². The average molecular weight is 308 g/mol. The molecule has 1 aromatic carbocycles. The van der Waals surface area contributed by atoms with Gasteiger partial charge in [-0.25, -0.2) is 4.98 Å². The molecule has 0 aliphatic carbocycles. The van der Waals surface area contributed by atoms with Crippen molar-refractivity contribution in [2.75, 3.05) is 6.54 Å². The van der Waals surface area contributed by atoms with Crippen molar-refractivity contribution in [3.63, 3.8) is 0 Å². The number of rotatable bonds is 5. The van der Waals surface area contributed by atoms with Gasteiger partial charge in [-0.2, -0.15) is 0 Å². The van der Waals surface area contributed by atoms with Crippen molar-refractivity contribution >= 4 is 17.5 Å². The number of imidazole rings is 1. The van der Waals surface area contributed by atoms with Gasteiger partial charge >= 0.3 is 0 Å². The lowest BCUT2D eigenvalue weighted by molar-refractivity contribution is 0.0946. The Labute approximate surface area is 128 Å². The number of aromatic hydroxyl groups is 1. The van der Waals surface area contributed by atoms with E-state index in [2.05, 4.69) is 10.3 Å². The van der Waals surface area contributed by atoms with Crippen LogP contribution in [-0.4, -0.2) is 27.1 Å². The van der Waals surface area contributed by atoms with Crippen LogP contribution < -0.4 is 5.32 Å². The maximum absolute atomic E-state index is 12.1. The van der Waals surface area contributed by atoms with Crippen molar-refractivity contribution in [3.8, 4) is 5.75 Å². The van der Waals surface area contributed by atoms with E-state index in [1.807, 2.05) is 24.6 Å². The van der Waals surface area contributed by atoms with Crippen LogP contribution in [0.25, 0.3) is 0 Å². The van der Waals surface area contributed by atoms with E-state index in [-0.39, 0.29) is 23.1 Å². The minimum absolute atomic E-state index is 0.0200. The molecule has 1 atom stereocenters. The standard InChI is InChI=1S/C15H18ClN3O2/c1-10(9-19-6-5-17-11(19)2)8-18-15(21)13-7-12(20)3-4-14(13)16/h3-7,10,20H,8-9H2,1-2H3,(H,18,21). The Morgan fingerprint density at radius 2 is 2.29 bits per heavy atom. The predicted molar refractivity (Wildman–Crippen MR) is 81.6 cm³/mol. The van der Waals surface area contributed by atoms with Crippen LogP contribution in [0.3, 0.4) is 0 Å². The van der Waals surface area contributed by atoms with Crippen molar-refractivity contribution in [2.45, 2.75) is 20.4 Å². The van der Waals surface area contributed by atoms with Crippen molar-refractivity contribution in [1.29, 1.82) is 0 Å². The summed E-state index contributed by atoms with van der Waals surface area (Å²) in [6.07, 6.45) is 3.67. The van der Waals surface area contributed by atoms with Crippen LogP contribution >= 0.6 is 11.6 Å². The first-order valence-electron chi connectivity index (χ1n) is 6.72. The molecule has 2 rings (SSSR count). The van der Waals surface area contributed by atoms with Gasteiger partial charge in [-0.05, 0) is 31.0 Å². The molecule has 2 aromatic rings. The molecule has 0 saturated carbocycles. The van der Waals surface area contributed by atoms with Gasteiger partial charge in [0.05, 0.1) is 10.6 Å². The third kappa shape index (κ3) is 3.98. The molecule has 0 radical (unpaired) electrons. The molecule has 2 N–H and O–H groups in total. The van der Waals surface area contributed by atoms with Gasteiger partial charge in [-0.1, -0.05) is 18.5 Å². The van der Waals surface area contributed by atoms with Gasteiger partial charge in [-0.3, -0.25) is 4.79 Å². The Kier molecular flexibility index (Phi) is 4.85. The molecule has 1 aromatic heterocycles. The molecule has 0 spiro atoms. The second-order valence-corrected chi connectivity index (χ2v) is 5.51. The summed E-state index contributed by atoms with van der Waals surface area (Å²) in [6.45, 7) is 5.28. The Balaban J connectivity index is 1.92. The van der Waals surface area contributed by atoms with E-state index >= 15 is 0 Å². The van der Waals surface area contributed by atoms with E-state index < -0.39 is 0 Å². The van der Waals surface area contributed by atoms with Crippen LogP contribution in [0.15, 0.2) is 30.6 Å². The van der Waals surface area contributed by atoms with E-state index in [1.165, 1.54) is 18.2 Å². The number of phenols is 1. The van der Waals surface area contributed by atoms with Crippen LogP contribution in [0.2, 0.25) is 5.02 Å². The van der Waals surface area contributed by atoms with E-state index in [0.29, 0.717) is 11.6 Å². The number of amides is 1. The molecule has 0 aliphatic heterocycles. The minimum atomic E-state index is -0.287. The molecule has 6 heteroatoms. The normalized spacial score (nSPS) is 12.1. The van der Waals surface area contributed by atoms with E-state index in [4.69, 9.17) is 11.6 Å². The first-order valence-corrected chi connectivity index (χ1v) is 7.09. The van der Waals surface area contributed by atoms with Crippen LogP contribution in [0, 0.1) is 12.8 Å². The van der Waals surface area contributed by atoms with Gasteiger partial charge in [0, 0.05) is 25.5 Å². The van der Waals surface area contributed by atoms with Crippen molar-refractivity contribution in [3.05, 3.63) is 47.0 Å². The van der Waals surface area contributed by atoms with Crippen LogP contribution in [0.4, 0.5) is 0 Å². The Morgan fingerprint density at radius 1 is 1.52 bits per heavy atom. The van der Waals surface area contributed by atoms with E-state index in [9.17, 15) is 9.90 Å². The summed E-state index contributed by atoms with van der Waals surface area (Å²) in [7, 11) is 0. The molecular formula is C15H18ClN3O2. The monoisotopic (exact) mass is 307 g/mol. The van der Waals surface area contributed by atoms with E-state index in [0.717, 1.165) is 12.4 Å². The molecule has 21 heavy (non-hydrogen) atoms. The highest BCUT2D eigenvalue weighted by Gasteiger charge is 2.13.